The number of primary amides is 1. The predicted octanol–water partition coefficient (Wildman–Crippen LogP) is 3.90. The number of anilines is 1. The summed E-state index contributed by atoms with van der Waals surface area (Å²) in [7, 11) is 0. The van der Waals surface area contributed by atoms with Crippen molar-refractivity contribution in [3.63, 3.8) is 0 Å². The van der Waals surface area contributed by atoms with Crippen molar-refractivity contribution < 1.29 is 9.59 Å². The molecule has 0 bridgehead atoms. The average molecular weight is 418 g/mol. The molecule has 27 heavy (non-hydrogen) atoms. The minimum absolute atomic E-state index is 0.217. The molecule has 1 heterocycles. The first kappa shape index (κ1) is 19.3. The second-order valence-electron chi connectivity index (χ2n) is 5.71. The molecular formula is C19H13Cl2N3O2S. The number of benzene rings is 2. The number of nitrogens with two attached hydrogens (primary N) is 1. The summed E-state index contributed by atoms with van der Waals surface area (Å²) < 4.78 is 0. The number of carbonyl (C=O) groups excluding carboxylic acids is 2. The molecule has 2 N–H and O–H groups in total. The van der Waals surface area contributed by atoms with Crippen LogP contribution in [0.1, 0.15) is 5.56 Å². The summed E-state index contributed by atoms with van der Waals surface area (Å²) in [6.07, 6.45) is 0.355. The smallest absolute Gasteiger partial charge is 0.262 e. The maximum absolute atomic E-state index is 13.1. The van der Waals surface area contributed by atoms with Crippen molar-refractivity contribution in [2.75, 3.05) is 4.90 Å². The number of hydrogen-bond donors (Lipinski definition) is 1. The lowest BCUT2D eigenvalue weighted by Crippen LogP contribution is -2.31. The van der Waals surface area contributed by atoms with E-state index in [2.05, 4.69) is 0 Å². The first-order valence-electron chi connectivity index (χ1n) is 7.86. The quantitative estimate of drug-likeness (QED) is 0.603. The third-order valence-electron chi connectivity index (χ3n) is 3.97. The number of nitrogens with zero attached hydrogens (tertiary/aromatic N) is 2. The van der Waals surface area contributed by atoms with Gasteiger partial charge in [0, 0.05) is 15.7 Å². The van der Waals surface area contributed by atoms with Crippen LogP contribution in [-0.2, 0) is 16.0 Å². The van der Waals surface area contributed by atoms with Crippen molar-refractivity contribution in [2.45, 2.75) is 11.7 Å². The SMILES string of the molecule is N#C/C(C(N)=O)=C1/S[C@H](Cc2ccccc2Cl)C(=O)N1c1ccc(Cl)cc1. The highest BCUT2D eigenvalue weighted by Crippen LogP contribution is 2.42. The van der Waals surface area contributed by atoms with Crippen LogP contribution in [0.25, 0.3) is 0 Å². The van der Waals surface area contributed by atoms with Gasteiger partial charge in [-0.1, -0.05) is 53.2 Å². The molecule has 1 fully saturated rings. The van der Waals surface area contributed by atoms with Crippen molar-refractivity contribution in [1.82, 2.24) is 0 Å². The lowest BCUT2D eigenvalue weighted by molar-refractivity contribution is -0.117. The van der Waals surface area contributed by atoms with E-state index in [1.807, 2.05) is 24.3 Å². The van der Waals surface area contributed by atoms with Crippen LogP contribution >= 0.6 is 35.0 Å². The van der Waals surface area contributed by atoms with Crippen LogP contribution in [0.3, 0.4) is 0 Å². The fourth-order valence-corrected chi connectivity index (χ4v) is 4.33. The van der Waals surface area contributed by atoms with Crippen LogP contribution in [0.15, 0.2) is 59.1 Å². The van der Waals surface area contributed by atoms with Crippen LogP contribution < -0.4 is 10.6 Å². The van der Waals surface area contributed by atoms with E-state index in [-0.39, 0.29) is 16.5 Å². The van der Waals surface area contributed by atoms with Gasteiger partial charge in [-0.2, -0.15) is 5.26 Å². The molecule has 136 valence electrons. The maximum Gasteiger partial charge on any atom is 0.262 e. The summed E-state index contributed by atoms with van der Waals surface area (Å²) in [6.45, 7) is 0. The topological polar surface area (TPSA) is 87.2 Å². The van der Waals surface area contributed by atoms with E-state index in [9.17, 15) is 14.9 Å². The Hall–Kier alpha value is -2.46. The van der Waals surface area contributed by atoms with Crippen molar-refractivity contribution in [3.8, 4) is 6.07 Å². The van der Waals surface area contributed by atoms with Gasteiger partial charge in [0.25, 0.3) is 5.91 Å². The van der Waals surface area contributed by atoms with Crippen LogP contribution in [0, 0.1) is 11.3 Å². The summed E-state index contributed by atoms with van der Waals surface area (Å²) in [5.41, 5.74) is 6.39. The number of hydrogen-bond acceptors (Lipinski definition) is 4. The number of carbonyl (C=O) groups is 2. The summed E-state index contributed by atoms with van der Waals surface area (Å²) in [4.78, 5) is 26.2. The van der Waals surface area contributed by atoms with Gasteiger partial charge in [0.05, 0.1) is 5.25 Å². The molecule has 0 aliphatic carbocycles. The number of rotatable bonds is 4. The van der Waals surface area contributed by atoms with Crippen LogP contribution in [0.5, 0.6) is 0 Å². The molecule has 0 saturated carbocycles. The molecule has 2 aromatic carbocycles. The molecule has 0 aromatic heterocycles. The van der Waals surface area contributed by atoms with E-state index in [1.165, 1.54) is 4.90 Å². The highest BCUT2D eigenvalue weighted by molar-refractivity contribution is 8.05. The highest BCUT2D eigenvalue weighted by atomic mass is 35.5. The van der Waals surface area contributed by atoms with E-state index in [0.29, 0.717) is 22.2 Å². The zero-order valence-corrected chi connectivity index (χ0v) is 16.2. The highest BCUT2D eigenvalue weighted by Gasteiger charge is 2.40. The van der Waals surface area contributed by atoms with E-state index in [0.717, 1.165) is 17.3 Å². The van der Waals surface area contributed by atoms with Gasteiger partial charge in [-0.15, -0.1) is 0 Å². The monoisotopic (exact) mass is 417 g/mol. The van der Waals surface area contributed by atoms with Gasteiger partial charge in [0.1, 0.15) is 16.7 Å². The number of nitriles is 1. The van der Waals surface area contributed by atoms with E-state index in [4.69, 9.17) is 28.9 Å². The Balaban J connectivity index is 2.05. The Kier molecular flexibility index (Phi) is 5.76. The predicted molar refractivity (Wildman–Crippen MR) is 107 cm³/mol. The second kappa shape index (κ2) is 8.05. The molecule has 2 aromatic rings. The van der Waals surface area contributed by atoms with E-state index < -0.39 is 11.2 Å². The molecule has 0 spiro atoms. The molecule has 0 unspecified atom stereocenters. The zero-order chi connectivity index (χ0) is 19.6. The normalized spacial score (nSPS) is 18.3. The molecular weight excluding hydrogens is 405 g/mol. The Morgan fingerprint density at radius 1 is 1.19 bits per heavy atom. The molecule has 1 atom stereocenters. The molecule has 0 radical (unpaired) electrons. The van der Waals surface area contributed by atoms with Gasteiger partial charge >= 0.3 is 0 Å². The third-order valence-corrected chi connectivity index (χ3v) is 5.86. The van der Waals surface area contributed by atoms with Crippen molar-refractivity contribution in [2.24, 2.45) is 5.73 Å². The molecule has 1 saturated heterocycles. The summed E-state index contributed by atoms with van der Waals surface area (Å²) >= 11 is 13.3. The minimum atomic E-state index is -0.884. The molecule has 5 nitrogen and oxygen atoms in total. The lowest BCUT2D eigenvalue weighted by Gasteiger charge is -2.18. The third kappa shape index (κ3) is 3.96. The molecule has 8 heteroatoms. The van der Waals surface area contributed by atoms with Gasteiger partial charge in [0.2, 0.25) is 5.91 Å². The van der Waals surface area contributed by atoms with Crippen LogP contribution in [0.4, 0.5) is 5.69 Å². The first-order valence-corrected chi connectivity index (χ1v) is 9.49. The van der Waals surface area contributed by atoms with Gasteiger partial charge in [-0.05, 0) is 42.3 Å². The van der Waals surface area contributed by atoms with E-state index in [1.54, 1.807) is 30.3 Å². The van der Waals surface area contributed by atoms with Crippen LogP contribution in [0.2, 0.25) is 10.0 Å². The average Bonchev–Trinajstić information content (AvgIpc) is 2.94. The Labute approximate surface area is 170 Å². The zero-order valence-electron chi connectivity index (χ0n) is 13.9. The van der Waals surface area contributed by atoms with E-state index >= 15 is 0 Å². The summed E-state index contributed by atoms with van der Waals surface area (Å²) in [5, 5.41) is 10.1. The minimum Gasteiger partial charge on any atom is -0.365 e. The van der Waals surface area contributed by atoms with Gasteiger partial charge < -0.3 is 5.73 Å². The number of thioether (sulfide) groups is 1. The molecule has 1 aliphatic rings. The summed E-state index contributed by atoms with van der Waals surface area (Å²) in [6, 6.07) is 15.6. The number of halogens is 2. The second-order valence-corrected chi connectivity index (χ2v) is 7.74. The van der Waals surface area contributed by atoms with Gasteiger partial charge in [0.15, 0.2) is 0 Å². The van der Waals surface area contributed by atoms with Gasteiger partial charge in [-0.3, -0.25) is 14.5 Å². The van der Waals surface area contributed by atoms with Crippen LogP contribution in [-0.4, -0.2) is 17.1 Å². The Morgan fingerprint density at radius 3 is 2.44 bits per heavy atom. The van der Waals surface area contributed by atoms with Crippen molar-refractivity contribution >= 4 is 52.5 Å². The number of amides is 2. The summed E-state index contributed by atoms with van der Waals surface area (Å²) in [5.74, 6) is -1.14. The van der Waals surface area contributed by atoms with Crippen molar-refractivity contribution in [3.05, 3.63) is 74.7 Å². The Bertz CT molecular complexity index is 983. The molecule has 3 rings (SSSR count). The first-order chi connectivity index (χ1) is 12.9. The fraction of sp³-hybridized carbons (Fsp3) is 0.105. The largest absolute Gasteiger partial charge is 0.365 e. The molecule has 1 aliphatic heterocycles. The standard InChI is InChI=1S/C19H13Cl2N3O2S/c20-12-5-7-13(8-6-12)24-18(26)16(9-11-3-1-2-4-15(11)21)27-19(24)14(10-22)17(23)25/h1-8,16H,9H2,(H2,23,25)/b19-14-/t16-/m1/s1. The fourth-order valence-electron chi connectivity index (χ4n) is 2.69. The van der Waals surface area contributed by atoms with Gasteiger partial charge in [-0.25, -0.2) is 0 Å². The Morgan fingerprint density at radius 2 is 1.85 bits per heavy atom. The van der Waals surface area contributed by atoms with Crippen molar-refractivity contribution in [1.29, 1.82) is 5.26 Å². The lowest BCUT2D eigenvalue weighted by atomic mass is 10.1. The molecule has 2 amide bonds. The maximum atomic E-state index is 13.1.